The Labute approximate surface area is 106 Å². The number of carbonyl (C=O) groups is 1. The van der Waals surface area contributed by atoms with Crippen LogP contribution in [0.5, 0.6) is 0 Å². The van der Waals surface area contributed by atoms with Crippen LogP contribution in [0.2, 0.25) is 0 Å². The highest BCUT2D eigenvalue weighted by atomic mass is 32.1. The highest BCUT2D eigenvalue weighted by Gasteiger charge is 2.21. The first kappa shape index (κ1) is 12.6. The van der Waals surface area contributed by atoms with E-state index in [9.17, 15) is 4.79 Å². The van der Waals surface area contributed by atoms with Crippen LogP contribution in [0, 0.1) is 5.92 Å². The summed E-state index contributed by atoms with van der Waals surface area (Å²) in [5.74, 6) is -0.650. The number of fused-ring (bicyclic) bond motifs is 1. The predicted octanol–water partition coefficient (Wildman–Crippen LogP) is 2.44. The second kappa shape index (κ2) is 5.19. The van der Waals surface area contributed by atoms with Gasteiger partial charge < -0.3 is 5.11 Å². The van der Waals surface area contributed by atoms with E-state index in [0.29, 0.717) is 6.54 Å². The van der Waals surface area contributed by atoms with Crippen molar-refractivity contribution in [3.05, 3.63) is 21.4 Å². The molecule has 2 N–H and O–H groups in total. The second-order valence-electron chi connectivity index (χ2n) is 4.96. The fraction of sp³-hybridized carbons (Fsp3) is 0.615. The molecule has 0 bridgehead atoms. The summed E-state index contributed by atoms with van der Waals surface area (Å²) in [4.78, 5) is 13.8. The number of thiophene rings is 1. The highest BCUT2D eigenvalue weighted by Crippen LogP contribution is 2.30. The van der Waals surface area contributed by atoms with Crippen LogP contribution in [0.4, 0.5) is 0 Å². The van der Waals surface area contributed by atoms with E-state index >= 15 is 0 Å². The quantitative estimate of drug-likeness (QED) is 0.847. The largest absolute Gasteiger partial charge is 0.480 e. The van der Waals surface area contributed by atoms with Crippen LogP contribution >= 0.6 is 11.3 Å². The van der Waals surface area contributed by atoms with Crippen LogP contribution in [-0.4, -0.2) is 17.1 Å². The lowest BCUT2D eigenvalue weighted by Gasteiger charge is -2.17. The van der Waals surface area contributed by atoms with E-state index in [-0.39, 0.29) is 5.92 Å². The molecule has 1 heterocycles. The third-order valence-corrected chi connectivity index (χ3v) is 4.46. The smallest absolute Gasteiger partial charge is 0.320 e. The minimum absolute atomic E-state index is 0.110. The molecule has 1 aliphatic carbocycles. The molecule has 0 spiro atoms. The van der Waals surface area contributed by atoms with Crippen LogP contribution in [-0.2, 0) is 24.2 Å². The molecule has 2 rings (SSSR count). The number of carboxylic acids is 1. The first-order valence-corrected chi connectivity index (χ1v) is 6.96. The van der Waals surface area contributed by atoms with Crippen molar-refractivity contribution in [2.75, 3.05) is 0 Å². The molecule has 0 amide bonds. The molecule has 1 aromatic rings. The SMILES string of the molecule is CC(C)C(NCc1cc2c(s1)CCC2)C(=O)O. The minimum Gasteiger partial charge on any atom is -0.480 e. The second-order valence-corrected chi connectivity index (χ2v) is 6.18. The molecule has 1 aliphatic rings. The summed E-state index contributed by atoms with van der Waals surface area (Å²) in [5.41, 5.74) is 1.48. The molecule has 94 valence electrons. The van der Waals surface area contributed by atoms with Gasteiger partial charge in [-0.05, 0) is 36.8 Å². The standard InChI is InChI=1S/C13H19NO2S/c1-8(2)12(13(15)16)14-7-10-6-9-4-3-5-11(9)17-10/h6,8,12,14H,3-5,7H2,1-2H3,(H,15,16). The van der Waals surface area contributed by atoms with E-state index in [0.717, 1.165) is 0 Å². The lowest BCUT2D eigenvalue weighted by molar-refractivity contribution is -0.140. The normalized spacial score (nSPS) is 16.2. The number of aliphatic carboxylic acids is 1. The summed E-state index contributed by atoms with van der Waals surface area (Å²) < 4.78 is 0. The molecule has 17 heavy (non-hydrogen) atoms. The summed E-state index contributed by atoms with van der Waals surface area (Å²) >= 11 is 1.83. The van der Waals surface area contributed by atoms with Gasteiger partial charge in [-0.15, -0.1) is 11.3 Å². The van der Waals surface area contributed by atoms with Gasteiger partial charge in [0, 0.05) is 16.3 Å². The fourth-order valence-corrected chi connectivity index (χ4v) is 3.51. The molecule has 0 radical (unpaired) electrons. The molecule has 0 saturated carbocycles. The lowest BCUT2D eigenvalue weighted by Crippen LogP contribution is -2.40. The zero-order valence-electron chi connectivity index (χ0n) is 10.3. The van der Waals surface area contributed by atoms with Gasteiger partial charge in [-0.25, -0.2) is 0 Å². The van der Waals surface area contributed by atoms with Gasteiger partial charge in [-0.3, -0.25) is 10.1 Å². The Morgan fingerprint density at radius 2 is 2.29 bits per heavy atom. The zero-order chi connectivity index (χ0) is 12.4. The Balaban J connectivity index is 1.94. The molecule has 1 unspecified atom stereocenters. The van der Waals surface area contributed by atoms with Crippen molar-refractivity contribution in [3.8, 4) is 0 Å². The van der Waals surface area contributed by atoms with Crippen LogP contribution < -0.4 is 5.32 Å². The van der Waals surface area contributed by atoms with E-state index < -0.39 is 12.0 Å². The molecular weight excluding hydrogens is 234 g/mol. The number of hydrogen-bond acceptors (Lipinski definition) is 3. The molecule has 4 heteroatoms. The summed E-state index contributed by atoms with van der Waals surface area (Å²) in [7, 11) is 0. The first-order valence-electron chi connectivity index (χ1n) is 6.14. The maximum absolute atomic E-state index is 11.0. The number of carboxylic acid groups (broad SMARTS) is 1. The van der Waals surface area contributed by atoms with E-state index in [1.54, 1.807) is 0 Å². The fourth-order valence-electron chi connectivity index (χ4n) is 2.30. The maximum Gasteiger partial charge on any atom is 0.320 e. The third kappa shape index (κ3) is 2.87. The predicted molar refractivity (Wildman–Crippen MR) is 69.4 cm³/mol. The highest BCUT2D eigenvalue weighted by molar-refractivity contribution is 7.12. The van der Waals surface area contributed by atoms with Crippen LogP contribution in [0.15, 0.2) is 6.07 Å². The molecule has 1 atom stereocenters. The number of nitrogens with one attached hydrogen (secondary N) is 1. The van der Waals surface area contributed by atoms with E-state index in [1.165, 1.54) is 34.6 Å². The Hall–Kier alpha value is -0.870. The molecule has 3 nitrogen and oxygen atoms in total. The molecular formula is C13H19NO2S. The minimum atomic E-state index is -0.760. The van der Waals surface area contributed by atoms with E-state index in [2.05, 4.69) is 11.4 Å². The van der Waals surface area contributed by atoms with Crippen LogP contribution in [0.1, 0.15) is 35.6 Å². The zero-order valence-corrected chi connectivity index (χ0v) is 11.1. The van der Waals surface area contributed by atoms with Gasteiger partial charge in [0.15, 0.2) is 0 Å². The van der Waals surface area contributed by atoms with Gasteiger partial charge in [0.2, 0.25) is 0 Å². The Morgan fingerprint density at radius 3 is 2.88 bits per heavy atom. The summed E-state index contributed by atoms with van der Waals surface area (Å²) in [5, 5.41) is 12.2. The molecule has 0 aromatic carbocycles. The van der Waals surface area contributed by atoms with Crippen molar-refractivity contribution in [2.24, 2.45) is 5.92 Å². The van der Waals surface area contributed by atoms with Crippen molar-refractivity contribution in [2.45, 2.75) is 45.7 Å². The van der Waals surface area contributed by atoms with Gasteiger partial charge in [0.1, 0.15) is 6.04 Å². The monoisotopic (exact) mass is 253 g/mol. The maximum atomic E-state index is 11.0. The Morgan fingerprint density at radius 1 is 1.53 bits per heavy atom. The average Bonchev–Trinajstić information content (AvgIpc) is 2.76. The van der Waals surface area contributed by atoms with E-state index in [1.807, 2.05) is 25.2 Å². The molecule has 0 aliphatic heterocycles. The third-order valence-electron chi connectivity index (χ3n) is 3.23. The molecule has 0 saturated heterocycles. The van der Waals surface area contributed by atoms with Crippen molar-refractivity contribution < 1.29 is 9.90 Å². The lowest BCUT2D eigenvalue weighted by atomic mass is 10.1. The first-order chi connectivity index (χ1) is 8.08. The van der Waals surface area contributed by atoms with Gasteiger partial charge >= 0.3 is 5.97 Å². The van der Waals surface area contributed by atoms with Crippen LogP contribution in [0.25, 0.3) is 0 Å². The molecule has 1 aromatic heterocycles. The summed E-state index contributed by atoms with van der Waals surface area (Å²) in [6.45, 7) is 4.53. The number of rotatable bonds is 5. The van der Waals surface area contributed by atoms with Gasteiger partial charge in [-0.1, -0.05) is 13.8 Å². The molecule has 0 fully saturated rings. The van der Waals surface area contributed by atoms with Crippen molar-refractivity contribution in [1.82, 2.24) is 5.32 Å². The van der Waals surface area contributed by atoms with Crippen molar-refractivity contribution >= 4 is 17.3 Å². The van der Waals surface area contributed by atoms with Gasteiger partial charge in [0.05, 0.1) is 0 Å². The van der Waals surface area contributed by atoms with Crippen LogP contribution in [0.3, 0.4) is 0 Å². The Kier molecular flexibility index (Phi) is 3.84. The average molecular weight is 253 g/mol. The van der Waals surface area contributed by atoms with Crippen molar-refractivity contribution in [1.29, 1.82) is 0 Å². The van der Waals surface area contributed by atoms with Gasteiger partial charge in [0.25, 0.3) is 0 Å². The topological polar surface area (TPSA) is 49.3 Å². The van der Waals surface area contributed by atoms with E-state index in [4.69, 9.17) is 5.11 Å². The Bertz CT molecular complexity index is 390. The van der Waals surface area contributed by atoms with Crippen molar-refractivity contribution in [3.63, 3.8) is 0 Å². The summed E-state index contributed by atoms with van der Waals surface area (Å²) in [6.07, 6.45) is 3.67. The van der Waals surface area contributed by atoms with Gasteiger partial charge in [-0.2, -0.15) is 0 Å². The number of aryl methyl sites for hydroxylation is 2. The number of hydrogen-bond donors (Lipinski definition) is 2. The summed E-state index contributed by atoms with van der Waals surface area (Å²) in [6, 6.07) is 1.78.